The minimum absolute atomic E-state index is 0. The summed E-state index contributed by atoms with van der Waals surface area (Å²) >= 11 is 0. The Morgan fingerprint density at radius 3 is 2.18 bits per heavy atom. The monoisotopic (exact) mass is 503 g/mol. The largest absolute Gasteiger partial charge is 0.357 e. The summed E-state index contributed by atoms with van der Waals surface area (Å²) in [6.07, 6.45) is 1.03. The number of carbonyl (C=O) groups excluding carboxylic acids is 1. The van der Waals surface area contributed by atoms with Crippen LogP contribution in [0, 0.1) is 0 Å². The van der Waals surface area contributed by atoms with Gasteiger partial charge in [0.05, 0.1) is 0 Å². The third-order valence-corrected chi connectivity index (χ3v) is 4.25. The van der Waals surface area contributed by atoms with Crippen LogP contribution in [0.1, 0.15) is 51.4 Å². The molecule has 0 radical (unpaired) electrons. The van der Waals surface area contributed by atoms with Crippen molar-refractivity contribution in [1.29, 1.82) is 0 Å². The van der Waals surface area contributed by atoms with Crippen molar-refractivity contribution in [2.24, 2.45) is 4.99 Å². The van der Waals surface area contributed by atoms with E-state index < -0.39 is 0 Å². The van der Waals surface area contributed by atoms with Gasteiger partial charge in [-0.25, -0.2) is 0 Å². The highest BCUT2D eigenvalue weighted by Crippen LogP contribution is 2.05. The molecule has 0 unspecified atom stereocenters. The van der Waals surface area contributed by atoms with Crippen LogP contribution in [0.25, 0.3) is 0 Å². The fourth-order valence-corrected chi connectivity index (χ4v) is 2.95. The number of aliphatic imine (C=N–C) groups is 1. The van der Waals surface area contributed by atoms with Gasteiger partial charge < -0.3 is 16.0 Å². The third-order valence-electron chi connectivity index (χ3n) is 4.25. The van der Waals surface area contributed by atoms with Crippen molar-refractivity contribution in [2.75, 3.05) is 32.7 Å². The van der Waals surface area contributed by atoms with E-state index in [-0.39, 0.29) is 29.9 Å². The normalized spacial score (nSPS) is 11.5. The number of hydrogen-bond acceptors (Lipinski definition) is 3. The first-order valence-electron chi connectivity index (χ1n) is 10.1. The lowest BCUT2D eigenvalue weighted by molar-refractivity contribution is 0.0954. The van der Waals surface area contributed by atoms with Crippen LogP contribution in [0.2, 0.25) is 0 Å². The van der Waals surface area contributed by atoms with Gasteiger partial charge in [0.15, 0.2) is 5.96 Å². The topological polar surface area (TPSA) is 68.8 Å². The molecule has 3 N–H and O–H groups in total. The van der Waals surface area contributed by atoms with Gasteiger partial charge in [-0.3, -0.25) is 14.7 Å². The first-order chi connectivity index (χ1) is 13.0. The molecule has 160 valence electrons. The summed E-state index contributed by atoms with van der Waals surface area (Å²) < 4.78 is 0. The molecule has 7 heteroatoms. The van der Waals surface area contributed by atoms with E-state index >= 15 is 0 Å². The fourth-order valence-electron chi connectivity index (χ4n) is 2.95. The van der Waals surface area contributed by atoms with Gasteiger partial charge in [0, 0.05) is 50.4 Å². The van der Waals surface area contributed by atoms with Crippen LogP contribution in [0.3, 0.4) is 0 Å². The van der Waals surface area contributed by atoms with Crippen LogP contribution < -0.4 is 16.0 Å². The predicted molar refractivity (Wildman–Crippen MR) is 130 cm³/mol. The number of nitrogens with one attached hydrogen (secondary N) is 3. The Bertz CT molecular complexity index is 555. The second kappa shape index (κ2) is 15.6. The standard InChI is InChI=1S/C21H37N5O.HI/c1-6-22-21(24-13-10-16-26(17(2)3)18(4)5)25-15-14-23-20(27)19-11-8-7-9-12-19;/h7-9,11-12,17-18H,6,10,13-16H2,1-5H3,(H,23,27)(H2,22,24,25);1H. The zero-order valence-electron chi connectivity index (χ0n) is 18.0. The van der Waals surface area contributed by atoms with Gasteiger partial charge in [-0.15, -0.1) is 24.0 Å². The molecule has 0 aliphatic rings. The summed E-state index contributed by atoms with van der Waals surface area (Å²) in [4.78, 5) is 19.1. The van der Waals surface area contributed by atoms with Gasteiger partial charge in [-0.1, -0.05) is 18.2 Å². The molecular weight excluding hydrogens is 465 g/mol. The quantitative estimate of drug-likeness (QED) is 0.188. The van der Waals surface area contributed by atoms with Gasteiger partial charge >= 0.3 is 0 Å². The molecular formula is C21H38IN5O. The lowest BCUT2D eigenvalue weighted by atomic mass is 10.2. The molecule has 6 nitrogen and oxygen atoms in total. The lowest BCUT2D eigenvalue weighted by Gasteiger charge is -2.30. The minimum atomic E-state index is -0.0539. The fraction of sp³-hybridized carbons (Fsp3) is 0.619. The minimum Gasteiger partial charge on any atom is -0.357 e. The summed E-state index contributed by atoms with van der Waals surface area (Å²) in [5.41, 5.74) is 0.679. The number of nitrogens with zero attached hydrogens (tertiary/aromatic N) is 2. The predicted octanol–water partition coefficient (Wildman–Crippen LogP) is 3.10. The van der Waals surface area contributed by atoms with Crippen molar-refractivity contribution in [3.63, 3.8) is 0 Å². The van der Waals surface area contributed by atoms with Crippen molar-refractivity contribution < 1.29 is 4.79 Å². The van der Waals surface area contributed by atoms with Gasteiger partial charge in [0.2, 0.25) is 0 Å². The number of guanidine groups is 1. The molecule has 28 heavy (non-hydrogen) atoms. The van der Waals surface area contributed by atoms with Crippen molar-refractivity contribution in [3.05, 3.63) is 35.9 Å². The molecule has 0 spiro atoms. The first kappa shape index (κ1) is 26.6. The average molecular weight is 503 g/mol. The van der Waals surface area contributed by atoms with E-state index in [0.29, 0.717) is 30.7 Å². The molecule has 0 saturated carbocycles. The SMILES string of the molecule is CCNC(=NCCCN(C(C)C)C(C)C)NCCNC(=O)c1ccccc1.I. The molecule has 1 aromatic carbocycles. The van der Waals surface area contributed by atoms with E-state index in [1.165, 1.54) is 0 Å². The van der Waals surface area contributed by atoms with Crippen LogP contribution in [-0.2, 0) is 0 Å². The Hall–Kier alpha value is -1.35. The van der Waals surface area contributed by atoms with Crippen LogP contribution in [0.4, 0.5) is 0 Å². The number of amides is 1. The Balaban J connectivity index is 0.00000729. The molecule has 0 saturated heterocycles. The Morgan fingerprint density at radius 2 is 1.61 bits per heavy atom. The summed E-state index contributed by atoms with van der Waals surface area (Å²) in [6.45, 7) is 14.8. The average Bonchev–Trinajstić information content (AvgIpc) is 2.64. The molecule has 0 aromatic heterocycles. The molecule has 1 rings (SSSR count). The number of benzene rings is 1. The smallest absolute Gasteiger partial charge is 0.251 e. The highest BCUT2D eigenvalue weighted by Gasteiger charge is 2.12. The third kappa shape index (κ3) is 10.8. The lowest BCUT2D eigenvalue weighted by Crippen LogP contribution is -2.42. The Morgan fingerprint density at radius 1 is 1.00 bits per heavy atom. The highest BCUT2D eigenvalue weighted by molar-refractivity contribution is 14.0. The Kier molecular flexibility index (Phi) is 14.8. The van der Waals surface area contributed by atoms with Crippen LogP contribution in [0.5, 0.6) is 0 Å². The second-order valence-electron chi connectivity index (χ2n) is 7.09. The first-order valence-corrected chi connectivity index (χ1v) is 10.1. The number of carbonyl (C=O) groups is 1. The van der Waals surface area contributed by atoms with Gasteiger partial charge in [0.1, 0.15) is 0 Å². The zero-order chi connectivity index (χ0) is 20.1. The molecule has 0 bridgehead atoms. The van der Waals surface area contributed by atoms with E-state index in [1.54, 1.807) is 0 Å². The van der Waals surface area contributed by atoms with Gasteiger partial charge in [-0.2, -0.15) is 0 Å². The molecule has 1 aromatic rings. The van der Waals surface area contributed by atoms with Crippen LogP contribution in [0.15, 0.2) is 35.3 Å². The van der Waals surface area contributed by atoms with Crippen LogP contribution in [-0.4, -0.2) is 61.6 Å². The summed E-state index contributed by atoms with van der Waals surface area (Å²) in [6, 6.07) is 10.4. The summed E-state index contributed by atoms with van der Waals surface area (Å²) in [5.74, 6) is 0.744. The van der Waals surface area contributed by atoms with Crippen molar-refractivity contribution in [3.8, 4) is 0 Å². The van der Waals surface area contributed by atoms with E-state index in [1.807, 2.05) is 37.3 Å². The van der Waals surface area contributed by atoms with Crippen molar-refractivity contribution in [1.82, 2.24) is 20.9 Å². The maximum absolute atomic E-state index is 12.0. The summed E-state index contributed by atoms with van der Waals surface area (Å²) in [7, 11) is 0. The molecule has 0 atom stereocenters. The second-order valence-corrected chi connectivity index (χ2v) is 7.09. The van der Waals surface area contributed by atoms with Gasteiger partial charge in [-0.05, 0) is 53.2 Å². The van der Waals surface area contributed by atoms with E-state index in [2.05, 4.69) is 53.5 Å². The molecule has 0 aliphatic carbocycles. The maximum atomic E-state index is 12.0. The molecule has 0 heterocycles. The van der Waals surface area contributed by atoms with E-state index in [0.717, 1.165) is 32.0 Å². The highest BCUT2D eigenvalue weighted by atomic mass is 127. The van der Waals surface area contributed by atoms with Crippen LogP contribution >= 0.6 is 24.0 Å². The van der Waals surface area contributed by atoms with Crippen molar-refractivity contribution >= 4 is 35.8 Å². The van der Waals surface area contributed by atoms with E-state index in [4.69, 9.17) is 0 Å². The molecule has 0 aliphatic heterocycles. The molecule has 1 amide bonds. The number of rotatable bonds is 11. The zero-order valence-corrected chi connectivity index (χ0v) is 20.3. The van der Waals surface area contributed by atoms with Crippen molar-refractivity contribution in [2.45, 2.75) is 53.1 Å². The summed E-state index contributed by atoms with van der Waals surface area (Å²) in [5, 5.41) is 9.43. The number of hydrogen-bond donors (Lipinski definition) is 3. The number of halogens is 1. The van der Waals surface area contributed by atoms with Gasteiger partial charge in [0.25, 0.3) is 5.91 Å². The Labute approximate surface area is 188 Å². The maximum Gasteiger partial charge on any atom is 0.251 e. The molecule has 0 fully saturated rings. The van der Waals surface area contributed by atoms with E-state index in [9.17, 15) is 4.79 Å².